The molecule has 9 nitrogen and oxygen atoms in total. The van der Waals surface area contributed by atoms with Gasteiger partial charge in [-0.05, 0) is 125 Å². The zero-order chi connectivity index (χ0) is 42.8. The van der Waals surface area contributed by atoms with E-state index < -0.39 is 65.7 Å². The van der Waals surface area contributed by atoms with Crippen LogP contribution < -0.4 is 0 Å². The second kappa shape index (κ2) is 19.8. The van der Waals surface area contributed by atoms with Crippen LogP contribution in [0.5, 0.6) is 0 Å². The molecular weight excluding hydrogens is 738 g/mol. The van der Waals surface area contributed by atoms with Crippen LogP contribution in [0, 0.1) is 22.2 Å². The highest BCUT2D eigenvalue weighted by molar-refractivity contribution is 5.81. The van der Waals surface area contributed by atoms with Crippen LogP contribution in [0.3, 0.4) is 0 Å². The standard InChI is InChI=1S/C15H22F6O4.C13H24O2.C12H20O3/c1-4-12(2,3)11(23)25-8-5-6-10(22)9(7-8)13(24,14(16,17)18)15(19,20)21;1-5-12(3,4)11(14)15-13(6-2)9-7-8-10-13;1-4-12(2,3)11(14)15-10-7-5-6-9(13)8-10/h8-10,22,24H,4-7H2,1-3H3;5-10H2,1-4H3;10H,4-8H2,1-3H3. The number of halogens is 6. The summed E-state index contributed by atoms with van der Waals surface area (Å²) >= 11 is 0. The average molecular weight is 805 g/mol. The molecule has 55 heavy (non-hydrogen) atoms. The minimum atomic E-state index is -6.04. The third-order valence-electron chi connectivity index (χ3n) is 11.9. The Hall–Kier alpha value is -2.42. The van der Waals surface area contributed by atoms with Crippen molar-refractivity contribution in [3.8, 4) is 0 Å². The van der Waals surface area contributed by atoms with E-state index in [0.29, 0.717) is 19.3 Å². The van der Waals surface area contributed by atoms with Crippen molar-refractivity contribution in [3.05, 3.63) is 0 Å². The number of ketones is 1. The maximum Gasteiger partial charge on any atom is 0.426 e. The molecule has 322 valence electrons. The Balaban J connectivity index is 0.000000435. The van der Waals surface area contributed by atoms with Crippen molar-refractivity contribution in [2.24, 2.45) is 22.2 Å². The molecule has 4 unspecified atom stereocenters. The normalized spacial score (nSPS) is 23.7. The monoisotopic (exact) mass is 804 g/mol. The molecule has 3 saturated carbocycles. The Kier molecular flexibility index (Phi) is 18.2. The van der Waals surface area contributed by atoms with Gasteiger partial charge in [0.2, 0.25) is 0 Å². The second-order valence-electron chi connectivity index (χ2n) is 17.3. The first-order chi connectivity index (χ1) is 25.0. The Bertz CT molecular complexity index is 1250. The summed E-state index contributed by atoms with van der Waals surface area (Å²) in [6.07, 6.45) is -6.85. The molecule has 15 heteroatoms. The lowest BCUT2D eigenvalue weighted by Gasteiger charge is -2.44. The zero-order valence-corrected chi connectivity index (χ0v) is 34.4. The third-order valence-corrected chi connectivity index (χ3v) is 11.9. The Morgan fingerprint density at radius 2 is 1.13 bits per heavy atom. The summed E-state index contributed by atoms with van der Waals surface area (Å²) in [5.41, 5.74) is -6.92. The van der Waals surface area contributed by atoms with E-state index in [-0.39, 0.29) is 41.3 Å². The molecule has 0 bridgehead atoms. The van der Waals surface area contributed by atoms with Crippen LogP contribution in [-0.4, -0.2) is 75.8 Å². The number of rotatable bonds is 11. The molecule has 3 fully saturated rings. The predicted octanol–water partition coefficient (Wildman–Crippen LogP) is 9.52. The number of alkyl halides is 6. The summed E-state index contributed by atoms with van der Waals surface area (Å²) < 4.78 is 94.2. The molecule has 3 aliphatic carbocycles. The Labute approximate surface area is 323 Å². The second-order valence-corrected chi connectivity index (χ2v) is 17.3. The quantitative estimate of drug-likeness (QED) is 0.119. The molecule has 0 heterocycles. The van der Waals surface area contributed by atoms with E-state index in [9.17, 15) is 55.7 Å². The van der Waals surface area contributed by atoms with Gasteiger partial charge in [-0.2, -0.15) is 26.3 Å². The minimum absolute atomic E-state index is 0.0197. The summed E-state index contributed by atoms with van der Waals surface area (Å²) in [4.78, 5) is 46.9. The number of esters is 3. The molecule has 3 rings (SSSR count). The van der Waals surface area contributed by atoms with E-state index in [1.54, 1.807) is 6.92 Å². The van der Waals surface area contributed by atoms with Crippen LogP contribution in [0.4, 0.5) is 26.3 Å². The van der Waals surface area contributed by atoms with Gasteiger partial charge in [0.15, 0.2) is 0 Å². The number of aliphatic hydroxyl groups excluding tert-OH is 1. The van der Waals surface area contributed by atoms with Gasteiger partial charge in [0.05, 0.1) is 22.3 Å². The van der Waals surface area contributed by atoms with E-state index >= 15 is 0 Å². The molecule has 2 N–H and O–H groups in total. The van der Waals surface area contributed by atoms with Gasteiger partial charge in [0, 0.05) is 18.8 Å². The van der Waals surface area contributed by atoms with Gasteiger partial charge in [0.25, 0.3) is 5.60 Å². The van der Waals surface area contributed by atoms with Crippen LogP contribution in [0.2, 0.25) is 0 Å². The lowest BCUT2D eigenvalue weighted by atomic mass is 9.73. The number of ether oxygens (including phenoxy) is 3. The summed E-state index contributed by atoms with van der Waals surface area (Å²) in [6, 6.07) is 0. The largest absolute Gasteiger partial charge is 0.462 e. The van der Waals surface area contributed by atoms with Crippen LogP contribution in [0.1, 0.15) is 166 Å². The molecule has 0 radical (unpaired) electrons. The molecule has 0 aromatic heterocycles. The molecule has 0 aromatic rings. The number of hydrogen-bond acceptors (Lipinski definition) is 9. The Morgan fingerprint density at radius 3 is 1.53 bits per heavy atom. The fourth-order valence-corrected chi connectivity index (χ4v) is 6.28. The summed E-state index contributed by atoms with van der Waals surface area (Å²) in [6.45, 7) is 18.6. The van der Waals surface area contributed by atoms with Crippen molar-refractivity contribution < 1.29 is 69.9 Å². The van der Waals surface area contributed by atoms with Crippen LogP contribution in [0.15, 0.2) is 0 Å². The topological polar surface area (TPSA) is 136 Å². The van der Waals surface area contributed by atoms with E-state index in [1.165, 1.54) is 26.7 Å². The van der Waals surface area contributed by atoms with Gasteiger partial charge in [-0.25, -0.2) is 0 Å². The fraction of sp³-hybridized carbons (Fsp3) is 0.900. The number of aliphatic hydroxyl groups is 2. The van der Waals surface area contributed by atoms with Crippen molar-refractivity contribution in [2.75, 3.05) is 0 Å². The molecule has 0 aliphatic heterocycles. The van der Waals surface area contributed by atoms with Gasteiger partial charge in [-0.15, -0.1) is 0 Å². The highest BCUT2D eigenvalue weighted by Gasteiger charge is 2.75. The van der Waals surface area contributed by atoms with E-state index in [4.69, 9.17) is 14.2 Å². The van der Waals surface area contributed by atoms with E-state index in [0.717, 1.165) is 44.9 Å². The first kappa shape index (κ1) is 50.6. The zero-order valence-electron chi connectivity index (χ0n) is 34.4. The summed E-state index contributed by atoms with van der Waals surface area (Å²) in [5, 5.41) is 19.2. The van der Waals surface area contributed by atoms with Crippen molar-refractivity contribution >= 4 is 23.7 Å². The molecule has 4 atom stereocenters. The molecule has 0 saturated heterocycles. The van der Waals surface area contributed by atoms with Crippen LogP contribution >= 0.6 is 0 Å². The first-order valence-electron chi connectivity index (χ1n) is 19.7. The number of carbonyl (C=O) groups excluding carboxylic acids is 4. The SMILES string of the molecule is CCC(C)(C)C(=O)OC1CCC(O)C(C(O)(C(F)(F)F)C(F)(F)F)C1.CCC(C)(C)C(=O)OC1CCCC(=O)C1.CCC1(OC(=O)C(C)(C)CC)CCCC1. The van der Waals surface area contributed by atoms with Crippen molar-refractivity contribution in [3.63, 3.8) is 0 Å². The van der Waals surface area contributed by atoms with Crippen molar-refractivity contribution in [2.45, 2.75) is 207 Å². The molecular formula is C40H66F6O9. The predicted molar refractivity (Wildman–Crippen MR) is 193 cm³/mol. The molecule has 0 aromatic carbocycles. The summed E-state index contributed by atoms with van der Waals surface area (Å²) in [5.74, 6) is -3.31. The maximum absolute atomic E-state index is 13.0. The minimum Gasteiger partial charge on any atom is -0.462 e. The van der Waals surface area contributed by atoms with Crippen LogP contribution in [0.25, 0.3) is 0 Å². The van der Waals surface area contributed by atoms with Gasteiger partial charge < -0.3 is 24.4 Å². The van der Waals surface area contributed by atoms with E-state index in [1.807, 2.05) is 41.5 Å². The van der Waals surface area contributed by atoms with Gasteiger partial charge in [0.1, 0.15) is 23.6 Å². The fourth-order valence-electron chi connectivity index (χ4n) is 6.28. The van der Waals surface area contributed by atoms with Gasteiger partial charge >= 0.3 is 30.3 Å². The van der Waals surface area contributed by atoms with E-state index in [2.05, 4.69) is 6.92 Å². The lowest BCUT2D eigenvalue weighted by Crippen LogP contribution is -2.65. The highest BCUT2D eigenvalue weighted by Crippen LogP contribution is 2.52. The van der Waals surface area contributed by atoms with Crippen LogP contribution in [-0.2, 0) is 33.4 Å². The van der Waals surface area contributed by atoms with Crippen molar-refractivity contribution in [1.29, 1.82) is 0 Å². The molecule has 0 amide bonds. The Morgan fingerprint density at radius 1 is 0.691 bits per heavy atom. The smallest absolute Gasteiger partial charge is 0.426 e. The highest BCUT2D eigenvalue weighted by atomic mass is 19.4. The maximum atomic E-state index is 13.0. The number of Topliss-reactive ketones (excluding diaryl/α,β-unsaturated/α-hetero) is 1. The summed E-state index contributed by atoms with van der Waals surface area (Å²) in [7, 11) is 0. The average Bonchev–Trinajstić information content (AvgIpc) is 3.57. The number of carbonyl (C=O) groups is 4. The van der Waals surface area contributed by atoms with Crippen molar-refractivity contribution in [1.82, 2.24) is 0 Å². The van der Waals surface area contributed by atoms with Gasteiger partial charge in [-0.1, -0.05) is 27.7 Å². The molecule has 0 spiro atoms. The van der Waals surface area contributed by atoms with Gasteiger partial charge in [-0.3, -0.25) is 19.2 Å². The molecule has 3 aliphatic rings. The lowest BCUT2D eigenvalue weighted by molar-refractivity contribution is -0.394. The third kappa shape index (κ3) is 13.6. The first-order valence-corrected chi connectivity index (χ1v) is 19.7. The number of hydrogen-bond donors (Lipinski definition) is 2.